The molecular weight excluding hydrogens is 1260 g/mol. The van der Waals surface area contributed by atoms with Gasteiger partial charge in [-0.05, 0) is 151 Å². The van der Waals surface area contributed by atoms with E-state index in [0.29, 0.717) is 56.8 Å². The number of aromatic nitrogens is 4. The second kappa shape index (κ2) is 36.7. The Morgan fingerprint density at radius 1 is 0.624 bits per heavy atom. The summed E-state index contributed by atoms with van der Waals surface area (Å²) in [5.41, 5.74) is 12.2. The van der Waals surface area contributed by atoms with E-state index >= 15 is 0 Å². The molecule has 1 amide bonds. The van der Waals surface area contributed by atoms with Crippen LogP contribution in [0.1, 0.15) is 33.1 Å². The van der Waals surface area contributed by atoms with Gasteiger partial charge in [0.1, 0.15) is 14.3 Å². The van der Waals surface area contributed by atoms with Crippen molar-refractivity contribution in [2.24, 2.45) is 0 Å². The Bertz CT molecular complexity index is 3560. The van der Waals surface area contributed by atoms with Gasteiger partial charge in [0.05, 0.1) is 46.5 Å². The average molecular weight is 1350 g/mol. The molecule has 4 aliphatic rings. The summed E-state index contributed by atoms with van der Waals surface area (Å²) in [6.07, 6.45) is 8.87. The fourth-order valence-corrected chi connectivity index (χ4v) is 13.4. The predicted octanol–water partition coefficient (Wildman–Crippen LogP) is 5.85. The number of nitrogens with two attached hydrogens (primary N) is 1. The number of rotatable bonds is 18. The smallest absolute Gasteiger partial charge is 0.662 e. The van der Waals surface area contributed by atoms with Crippen LogP contribution < -0.4 is 87.5 Å². The van der Waals surface area contributed by atoms with Gasteiger partial charge in [-0.2, -0.15) is 9.97 Å². The molecule has 496 valence electrons. The summed E-state index contributed by atoms with van der Waals surface area (Å²) in [6.45, 7) is 25.9. The summed E-state index contributed by atoms with van der Waals surface area (Å²) in [5, 5.41) is 24.3. The van der Waals surface area contributed by atoms with Crippen LogP contribution in [0.15, 0.2) is 123 Å². The SMILES string of the molecule is C.C=CC(=O)Cl.C=CC(=O)Nc1cc(Nc2ncc(F)c(Nc3ccccc3P(C)(C)=O)n2)ccc1N1CCC(N2CCN(C)CC2)CC1.CN1CCN(C2CCN(c3ccc(Nc4ncc(F)c(Nc5ccccc5P(C)(C)=O)n4)cc3N)CC2)CC1.O=CO[O-].[Na+]. The molecule has 6 aromatic rings. The summed E-state index contributed by atoms with van der Waals surface area (Å²) < 4.78 is 54.8. The summed E-state index contributed by atoms with van der Waals surface area (Å²) in [4.78, 5) is 64.6. The summed E-state index contributed by atoms with van der Waals surface area (Å²) in [7, 11) is -0.828. The molecule has 4 saturated heterocycles. The van der Waals surface area contributed by atoms with E-state index in [9.17, 15) is 27.5 Å². The fourth-order valence-electron chi connectivity index (χ4n) is 11.1. The van der Waals surface area contributed by atoms with Crippen molar-refractivity contribution in [3.63, 3.8) is 0 Å². The Hall–Kier alpha value is -6.86. The largest absolute Gasteiger partial charge is 1.00 e. The standard InChI is InChI=1S/C31H40FN8O2P.C28H38FN8OP.C3H3ClO.CH2O3.CH4.Na/c1-5-29(41)35-26-20-22(10-11-27(26)40-14-12-23(13-15-40)39-18-16-38(2)17-19-39)34-31-33-21-24(32)30(37-31)36-25-8-6-7-9-28(25)43(3,4)42;1-35-14-16-36(17-15-35)21-10-12-37(13-11-21)25-9-8-20(18-23(25)30)32-28-31-19-22(29)27(34-28)33-24-6-4-5-7-26(24)39(2,3)38;1-2-3(4)5;2-1-4-3;;/h5-11,20-21,23H,1,12-19H2,2-4H3,(H,35,41)(H2,33,34,36,37);4-9,18-19,21H,10-17,30H2,1-3H3,(H2,31,32,33,34);2H,1H2;1,3H;1H4;/q;;;;;+1/p-1. The normalized spacial score (nSPS) is 15.9. The number of carbonyl (C=O) groups is 3. The van der Waals surface area contributed by atoms with Gasteiger partial charge in [-0.25, -0.2) is 18.7 Å². The predicted molar refractivity (Wildman–Crippen MR) is 368 cm³/mol. The zero-order chi connectivity index (χ0) is 65.8. The Balaban J connectivity index is 0.000000293. The average Bonchev–Trinajstić information content (AvgIpc) is 0.914. The zero-order valence-corrected chi connectivity index (χ0v) is 57.8. The van der Waals surface area contributed by atoms with E-state index in [1.54, 1.807) is 69.1 Å². The van der Waals surface area contributed by atoms with Gasteiger partial charge in [0, 0.05) is 113 Å². The van der Waals surface area contributed by atoms with Crippen LogP contribution in [0.4, 0.5) is 77.8 Å². The van der Waals surface area contributed by atoms with Crippen LogP contribution in [0, 0.1) is 11.6 Å². The number of allylic oxidation sites excluding steroid dienone is 1. The number of piperidine rings is 2. The number of benzene rings is 4. The molecule has 4 aliphatic heterocycles. The Morgan fingerprint density at radius 2 is 1.01 bits per heavy atom. The van der Waals surface area contributed by atoms with Gasteiger partial charge < -0.3 is 71.2 Å². The number of nitrogens with one attached hydrogen (secondary N) is 5. The molecule has 93 heavy (non-hydrogen) atoms. The maximum absolute atomic E-state index is 14.7. The van der Waals surface area contributed by atoms with Crippen molar-refractivity contribution in [1.82, 2.24) is 39.5 Å². The van der Waals surface area contributed by atoms with E-state index in [2.05, 4.69) is 108 Å². The second-order valence-electron chi connectivity index (χ2n) is 23.0. The molecule has 7 N–H and O–H groups in total. The number of hydrogen-bond acceptors (Lipinski definition) is 22. The van der Waals surface area contributed by atoms with Gasteiger partial charge in [0.15, 0.2) is 23.3 Å². The summed E-state index contributed by atoms with van der Waals surface area (Å²) in [5.74, 6) is -1.20. The number of likely N-dealkylation sites (N-methyl/N-ethyl adjacent to an activating group) is 2. The van der Waals surface area contributed by atoms with Crippen molar-refractivity contribution in [1.29, 1.82) is 0 Å². The number of anilines is 12. The molecule has 0 spiro atoms. The van der Waals surface area contributed by atoms with Crippen LogP contribution in [0.5, 0.6) is 0 Å². The minimum Gasteiger partial charge on any atom is -0.662 e. The fraction of sp³-hybridized carbons (Fsp3) is 0.391. The number of carbonyl (C=O) groups excluding carboxylic acids is 3. The van der Waals surface area contributed by atoms with Crippen molar-refractivity contribution in [2.45, 2.75) is 45.2 Å². The summed E-state index contributed by atoms with van der Waals surface area (Å²) in [6, 6.07) is 27.0. The first-order valence-electron chi connectivity index (χ1n) is 29.7. The number of halogens is 3. The van der Waals surface area contributed by atoms with E-state index in [1.807, 2.05) is 42.5 Å². The van der Waals surface area contributed by atoms with Crippen LogP contribution >= 0.6 is 25.9 Å². The first-order chi connectivity index (χ1) is 43.5. The molecule has 4 fully saturated rings. The van der Waals surface area contributed by atoms with Crippen molar-refractivity contribution in [3.8, 4) is 0 Å². The third-order valence-electron chi connectivity index (χ3n) is 15.9. The van der Waals surface area contributed by atoms with E-state index in [0.717, 1.165) is 134 Å². The second-order valence-corrected chi connectivity index (χ2v) is 29.8. The van der Waals surface area contributed by atoms with Gasteiger partial charge in [-0.3, -0.25) is 24.2 Å². The first kappa shape index (κ1) is 76.8. The Kier molecular flexibility index (Phi) is 30.3. The minimum atomic E-state index is -2.62. The number of nitrogens with zero attached hydrogens (tertiary/aromatic N) is 10. The molecule has 29 heteroatoms. The Labute approximate surface area is 571 Å². The van der Waals surface area contributed by atoms with Crippen LogP contribution in [-0.2, 0) is 28.4 Å². The van der Waals surface area contributed by atoms with Crippen LogP contribution in [0.25, 0.3) is 0 Å². The molecule has 6 heterocycles. The molecule has 0 radical (unpaired) electrons. The third kappa shape index (κ3) is 22.9. The van der Waals surface area contributed by atoms with E-state index < -0.39 is 31.2 Å². The number of para-hydroxylation sites is 2. The zero-order valence-electron chi connectivity index (χ0n) is 53.3. The quantitative estimate of drug-likeness (QED) is 0.00860. The molecule has 0 aliphatic carbocycles. The Morgan fingerprint density at radius 3 is 1.39 bits per heavy atom. The van der Waals surface area contributed by atoms with Gasteiger partial charge in [-0.1, -0.05) is 44.8 Å². The molecular formula is C64H86ClF2N16NaO7P2. The van der Waals surface area contributed by atoms with Crippen molar-refractivity contribution in [3.05, 3.63) is 134 Å². The van der Waals surface area contributed by atoms with Gasteiger partial charge in [0.2, 0.25) is 23.0 Å². The van der Waals surface area contributed by atoms with Crippen molar-refractivity contribution >= 4 is 123 Å². The number of nitrogen functional groups attached to an aromatic ring is 1. The van der Waals surface area contributed by atoms with Crippen molar-refractivity contribution in [2.75, 3.05) is 161 Å². The molecule has 0 atom stereocenters. The molecule has 0 bridgehead atoms. The molecule has 23 nitrogen and oxygen atoms in total. The number of amides is 1. The molecule has 0 saturated carbocycles. The van der Waals surface area contributed by atoms with Crippen LogP contribution in [0.3, 0.4) is 0 Å². The van der Waals surface area contributed by atoms with Gasteiger partial charge in [-0.15, -0.1) is 0 Å². The number of piperazine rings is 2. The third-order valence-corrected chi connectivity index (χ3v) is 19.1. The topological polar surface area (TPSA) is 275 Å². The molecule has 10 rings (SSSR count). The van der Waals surface area contributed by atoms with E-state index in [4.69, 9.17) is 27.4 Å². The van der Waals surface area contributed by atoms with Crippen LogP contribution in [0.2, 0.25) is 0 Å². The molecule has 4 aromatic carbocycles. The first-order valence-corrected chi connectivity index (χ1v) is 35.3. The van der Waals surface area contributed by atoms with E-state index in [1.165, 1.54) is 6.08 Å². The van der Waals surface area contributed by atoms with Gasteiger partial charge in [0.25, 0.3) is 6.47 Å². The van der Waals surface area contributed by atoms with Crippen molar-refractivity contribution < 1.29 is 72.0 Å². The maximum atomic E-state index is 14.7. The molecule has 0 unspecified atom stereocenters. The van der Waals surface area contributed by atoms with E-state index in [-0.39, 0.29) is 72.9 Å². The minimum absolute atomic E-state index is 0. The monoisotopic (exact) mass is 1350 g/mol. The van der Waals surface area contributed by atoms with Crippen LogP contribution in [-0.4, -0.2) is 189 Å². The van der Waals surface area contributed by atoms with Gasteiger partial charge >= 0.3 is 29.6 Å². The molecule has 2 aromatic heterocycles. The number of hydrogen-bond donors (Lipinski definition) is 6. The maximum Gasteiger partial charge on any atom is 1.00 e. The summed E-state index contributed by atoms with van der Waals surface area (Å²) >= 11 is 4.71.